The average molecular weight is 502 g/mol. The fourth-order valence-electron chi connectivity index (χ4n) is 4.91. The van der Waals surface area contributed by atoms with Crippen LogP contribution in [0.4, 0.5) is 10.1 Å². The quantitative estimate of drug-likeness (QED) is 0.249. The minimum Gasteiger partial charge on any atom is -0.371 e. The molecule has 182 valence electrons. The van der Waals surface area contributed by atoms with E-state index in [1.807, 2.05) is 38.1 Å². The number of ether oxygens (including phenoxy) is 1. The van der Waals surface area contributed by atoms with Crippen LogP contribution >= 0.6 is 23.8 Å². The number of hydrogen-bond acceptors (Lipinski definition) is 3. The molecule has 1 aromatic heterocycles. The van der Waals surface area contributed by atoms with Gasteiger partial charge < -0.3 is 14.5 Å². The van der Waals surface area contributed by atoms with Crippen LogP contribution in [-0.2, 0) is 4.74 Å². The lowest BCUT2D eigenvalue weighted by atomic mass is 9.87. The molecule has 2 aliphatic rings. The predicted octanol–water partition coefficient (Wildman–Crippen LogP) is 6.39. The molecule has 0 bridgehead atoms. The highest BCUT2D eigenvalue weighted by Gasteiger charge is 2.41. The Labute approximate surface area is 212 Å². The molecule has 2 aromatic rings. The molecular formula is C27H33ClFN3OS. The monoisotopic (exact) mass is 501 g/mol. The molecule has 1 saturated heterocycles. The Morgan fingerprint density at radius 1 is 1.18 bits per heavy atom. The highest BCUT2D eigenvalue weighted by Crippen LogP contribution is 2.36. The summed E-state index contributed by atoms with van der Waals surface area (Å²) in [6, 6.07) is 8.03. The van der Waals surface area contributed by atoms with Crippen LogP contribution in [0.3, 0.4) is 0 Å². The molecule has 0 amide bonds. The standard InChI is InChI=1S/C27H33ClFN3OS/c1-18-6-8-23(19(2)25(18)28)31-17-27(3,4)32(26(31)34)14-5-15-33-24-9-7-21(16-22(24)29)20-10-12-30-13-11-20/h6-13,21-22,24H,5,14-17H2,1-4H3/t21-,22?,24+/m1/s1. The Bertz CT molecular complexity index is 1060. The molecule has 1 aliphatic carbocycles. The number of aryl methyl sites for hydroxylation is 1. The van der Waals surface area contributed by atoms with Gasteiger partial charge >= 0.3 is 0 Å². The first-order valence-corrected chi connectivity index (χ1v) is 12.7. The van der Waals surface area contributed by atoms with Crippen LogP contribution in [0.25, 0.3) is 0 Å². The van der Waals surface area contributed by atoms with Crippen molar-refractivity contribution in [2.75, 3.05) is 24.6 Å². The summed E-state index contributed by atoms with van der Waals surface area (Å²) < 4.78 is 20.7. The van der Waals surface area contributed by atoms with E-state index in [0.717, 1.165) is 52.0 Å². The predicted molar refractivity (Wildman–Crippen MR) is 142 cm³/mol. The third-order valence-electron chi connectivity index (χ3n) is 6.92. The molecule has 3 atom stereocenters. The molecule has 34 heavy (non-hydrogen) atoms. The second-order valence-corrected chi connectivity index (χ2v) is 10.6. The molecule has 4 nitrogen and oxygen atoms in total. The summed E-state index contributed by atoms with van der Waals surface area (Å²) >= 11 is 12.4. The average Bonchev–Trinajstić information content (AvgIpc) is 3.04. The Kier molecular flexibility index (Phi) is 7.60. The first kappa shape index (κ1) is 25.1. The van der Waals surface area contributed by atoms with E-state index in [2.05, 4.69) is 40.8 Å². The van der Waals surface area contributed by atoms with Crippen molar-refractivity contribution in [3.63, 3.8) is 0 Å². The summed E-state index contributed by atoms with van der Waals surface area (Å²) in [6.45, 7) is 10.5. The van der Waals surface area contributed by atoms with E-state index in [1.165, 1.54) is 0 Å². The molecule has 0 radical (unpaired) electrons. The van der Waals surface area contributed by atoms with Gasteiger partial charge in [-0.1, -0.05) is 29.8 Å². The van der Waals surface area contributed by atoms with Gasteiger partial charge in [0.05, 0.1) is 5.54 Å². The van der Waals surface area contributed by atoms with Crippen molar-refractivity contribution in [1.82, 2.24) is 9.88 Å². The summed E-state index contributed by atoms with van der Waals surface area (Å²) in [6.07, 6.45) is 7.12. The van der Waals surface area contributed by atoms with E-state index in [9.17, 15) is 4.39 Å². The van der Waals surface area contributed by atoms with Crippen LogP contribution in [0.1, 0.15) is 49.3 Å². The smallest absolute Gasteiger partial charge is 0.176 e. The van der Waals surface area contributed by atoms with Gasteiger partial charge in [0.2, 0.25) is 0 Å². The number of nitrogens with zero attached hydrogens (tertiary/aromatic N) is 3. The molecule has 0 spiro atoms. The van der Waals surface area contributed by atoms with E-state index >= 15 is 0 Å². The van der Waals surface area contributed by atoms with Gasteiger partial charge in [-0.2, -0.15) is 0 Å². The first-order valence-electron chi connectivity index (χ1n) is 11.9. The second kappa shape index (κ2) is 10.3. The summed E-state index contributed by atoms with van der Waals surface area (Å²) in [5.74, 6) is 0.0744. The highest BCUT2D eigenvalue weighted by atomic mass is 35.5. The fourth-order valence-corrected chi connectivity index (χ4v) is 5.57. The number of pyridine rings is 1. The van der Waals surface area contributed by atoms with Crippen molar-refractivity contribution in [3.8, 4) is 0 Å². The van der Waals surface area contributed by atoms with Crippen LogP contribution < -0.4 is 4.90 Å². The largest absolute Gasteiger partial charge is 0.371 e. The van der Waals surface area contributed by atoms with Gasteiger partial charge in [-0.15, -0.1) is 0 Å². The normalized spacial score (nSPS) is 24.2. The maximum atomic E-state index is 14.8. The van der Waals surface area contributed by atoms with Gasteiger partial charge in [-0.3, -0.25) is 4.98 Å². The summed E-state index contributed by atoms with van der Waals surface area (Å²) in [7, 11) is 0. The Morgan fingerprint density at radius 2 is 1.91 bits per heavy atom. The zero-order chi connectivity index (χ0) is 24.5. The lowest BCUT2D eigenvalue weighted by Crippen LogP contribution is -2.42. The number of anilines is 1. The topological polar surface area (TPSA) is 28.6 Å². The molecule has 2 heterocycles. The van der Waals surface area contributed by atoms with Crippen molar-refractivity contribution >= 4 is 34.6 Å². The van der Waals surface area contributed by atoms with Crippen LogP contribution in [0.15, 0.2) is 48.8 Å². The number of benzene rings is 1. The van der Waals surface area contributed by atoms with Crippen molar-refractivity contribution in [3.05, 3.63) is 70.5 Å². The molecule has 0 N–H and O–H groups in total. The number of hydrogen-bond donors (Lipinski definition) is 0. The highest BCUT2D eigenvalue weighted by molar-refractivity contribution is 7.80. The molecule has 1 aromatic carbocycles. The molecule has 4 rings (SSSR count). The summed E-state index contributed by atoms with van der Waals surface area (Å²) in [4.78, 5) is 8.47. The van der Waals surface area contributed by atoms with Gasteiger partial charge in [0.1, 0.15) is 12.3 Å². The first-order chi connectivity index (χ1) is 16.2. The van der Waals surface area contributed by atoms with Gasteiger partial charge in [0, 0.05) is 48.7 Å². The van der Waals surface area contributed by atoms with E-state index in [0.29, 0.717) is 13.0 Å². The molecule has 1 aliphatic heterocycles. The number of thiocarbonyl (C=S) groups is 1. The van der Waals surface area contributed by atoms with Crippen molar-refractivity contribution in [2.24, 2.45) is 0 Å². The minimum absolute atomic E-state index is 0.0744. The third kappa shape index (κ3) is 5.14. The number of rotatable bonds is 7. The van der Waals surface area contributed by atoms with E-state index in [1.54, 1.807) is 12.4 Å². The molecular weight excluding hydrogens is 469 g/mol. The Balaban J connectivity index is 1.32. The van der Waals surface area contributed by atoms with Crippen LogP contribution in [0.5, 0.6) is 0 Å². The molecule has 1 unspecified atom stereocenters. The molecule has 7 heteroatoms. The maximum Gasteiger partial charge on any atom is 0.176 e. The van der Waals surface area contributed by atoms with Gasteiger partial charge in [0.15, 0.2) is 5.11 Å². The third-order valence-corrected chi connectivity index (χ3v) is 7.94. The van der Waals surface area contributed by atoms with Gasteiger partial charge in [-0.05, 0) is 87.6 Å². The van der Waals surface area contributed by atoms with E-state index < -0.39 is 12.3 Å². The maximum absolute atomic E-state index is 14.8. The number of aromatic nitrogens is 1. The molecule has 0 saturated carbocycles. The van der Waals surface area contributed by atoms with Crippen LogP contribution in [-0.4, -0.2) is 52.5 Å². The number of alkyl halides is 1. The number of halogens is 2. The van der Waals surface area contributed by atoms with Crippen LogP contribution in [0, 0.1) is 13.8 Å². The number of allylic oxidation sites excluding steroid dienone is 1. The lowest BCUT2D eigenvalue weighted by Gasteiger charge is -2.32. The molecule has 1 fully saturated rings. The van der Waals surface area contributed by atoms with Gasteiger partial charge in [-0.25, -0.2) is 4.39 Å². The van der Waals surface area contributed by atoms with E-state index in [4.69, 9.17) is 28.6 Å². The van der Waals surface area contributed by atoms with E-state index in [-0.39, 0.29) is 11.5 Å². The van der Waals surface area contributed by atoms with Crippen molar-refractivity contribution in [2.45, 2.75) is 64.3 Å². The van der Waals surface area contributed by atoms with Crippen molar-refractivity contribution in [1.29, 1.82) is 0 Å². The zero-order valence-corrected chi connectivity index (χ0v) is 21.9. The summed E-state index contributed by atoms with van der Waals surface area (Å²) in [5.41, 5.74) is 4.14. The second-order valence-electron chi connectivity index (χ2n) is 9.89. The van der Waals surface area contributed by atoms with Crippen molar-refractivity contribution < 1.29 is 9.13 Å². The fraction of sp³-hybridized carbons (Fsp3) is 0.481. The minimum atomic E-state index is -1.02. The zero-order valence-electron chi connectivity index (χ0n) is 20.3. The van der Waals surface area contributed by atoms with Gasteiger partial charge in [0.25, 0.3) is 0 Å². The Morgan fingerprint density at radius 3 is 2.62 bits per heavy atom. The Hall–Kier alpha value is -2.02. The SMILES string of the molecule is Cc1ccc(N2CC(C)(C)N(CCCO[C@H]3C=C[C@@H](c4ccncc4)CC3F)C2=S)c(C)c1Cl. The van der Waals surface area contributed by atoms with Crippen LogP contribution in [0.2, 0.25) is 5.02 Å². The summed E-state index contributed by atoms with van der Waals surface area (Å²) in [5, 5.41) is 1.59. The lowest BCUT2D eigenvalue weighted by molar-refractivity contribution is 0.0159.